The van der Waals surface area contributed by atoms with Gasteiger partial charge in [0.15, 0.2) is 12.2 Å². The van der Waals surface area contributed by atoms with Gasteiger partial charge in [0, 0.05) is 25.7 Å². The first-order chi connectivity index (χ1) is 53.7. The highest BCUT2D eigenvalue weighted by atomic mass is 31.2. The van der Waals surface area contributed by atoms with Gasteiger partial charge in [-0.05, 0) is 167 Å². The molecule has 5 atom stereocenters. The third-order valence-electron chi connectivity index (χ3n) is 16.9. The summed E-state index contributed by atoms with van der Waals surface area (Å²) < 4.78 is 68.7. The Bertz CT molecular complexity index is 2800. The zero-order chi connectivity index (χ0) is 80.3. The van der Waals surface area contributed by atoms with Crippen molar-refractivity contribution in [1.29, 1.82) is 0 Å². The molecule has 17 nitrogen and oxygen atoms in total. The molecule has 19 heteroatoms. The Kier molecular flexibility index (Phi) is 76.9. The minimum absolute atomic E-state index is 0.0259. The number of carbonyl (C=O) groups is 4. The summed E-state index contributed by atoms with van der Waals surface area (Å²) in [6.45, 7) is 4.39. The zero-order valence-electron chi connectivity index (χ0n) is 68.4. The summed E-state index contributed by atoms with van der Waals surface area (Å²) in [4.78, 5) is 73.2. The van der Waals surface area contributed by atoms with Crippen LogP contribution in [-0.2, 0) is 65.4 Å². The van der Waals surface area contributed by atoms with Crippen molar-refractivity contribution >= 4 is 39.5 Å². The fraction of sp³-hybridized carbons (Fsp3) is 0.626. The fourth-order valence-corrected chi connectivity index (χ4v) is 12.2. The Balaban J connectivity index is 5.49. The quantitative estimate of drug-likeness (QED) is 0.0169. The number of phosphoric ester groups is 2. The second kappa shape index (κ2) is 81.2. The molecule has 0 aliphatic carbocycles. The summed E-state index contributed by atoms with van der Waals surface area (Å²) in [5.41, 5.74) is 0. The Labute approximate surface area is 666 Å². The Morgan fingerprint density at radius 1 is 0.264 bits per heavy atom. The second-order valence-corrected chi connectivity index (χ2v) is 30.2. The summed E-state index contributed by atoms with van der Waals surface area (Å²) in [5, 5.41) is 10.7. The molecule has 0 rings (SSSR count). The minimum Gasteiger partial charge on any atom is -0.462 e. The molecule has 624 valence electrons. The van der Waals surface area contributed by atoms with Gasteiger partial charge in [0.1, 0.15) is 19.3 Å². The van der Waals surface area contributed by atoms with Gasteiger partial charge in [0.05, 0.1) is 26.4 Å². The van der Waals surface area contributed by atoms with Crippen LogP contribution in [-0.4, -0.2) is 96.7 Å². The van der Waals surface area contributed by atoms with Crippen LogP contribution >= 0.6 is 15.6 Å². The van der Waals surface area contributed by atoms with Crippen molar-refractivity contribution in [3.8, 4) is 0 Å². The van der Waals surface area contributed by atoms with Gasteiger partial charge >= 0.3 is 39.5 Å². The highest BCUT2D eigenvalue weighted by Crippen LogP contribution is 2.45. The molecule has 0 saturated heterocycles. The minimum atomic E-state index is -5.01. The highest BCUT2D eigenvalue weighted by molar-refractivity contribution is 7.47. The molecule has 0 aliphatic heterocycles. The number of rotatable bonds is 77. The van der Waals surface area contributed by atoms with E-state index in [0.29, 0.717) is 32.1 Å². The van der Waals surface area contributed by atoms with E-state index in [2.05, 4.69) is 192 Å². The number of phosphoric acid groups is 2. The van der Waals surface area contributed by atoms with Crippen LogP contribution in [0.25, 0.3) is 0 Å². The maximum atomic E-state index is 13.1. The van der Waals surface area contributed by atoms with Gasteiger partial charge in [-0.25, -0.2) is 9.13 Å². The lowest BCUT2D eigenvalue weighted by Crippen LogP contribution is -2.30. The normalized spacial score (nSPS) is 14.7. The highest BCUT2D eigenvalue weighted by Gasteiger charge is 2.30. The molecule has 0 saturated carbocycles. The summed E-state index contributed by atoms with van der Waals surface area (Å²) >= 11 is 0. The predicted molar refractivity (Wildman–Crippen MR) is 454 cm³/mol. The number of carbonyl (C=O) groups excluding carboxylic acids is 4. The number of hydrogen-bond acceptors (Lipinski definition) is 15. The SMILES string of the molecule is CC/C=C\C/C=C\C/C=C\C/C=C\C/C=C\C/C=C\CCC(=O)OCC(COP(=O)(O)OCC(O)COP(=O)(O)OCC(COC(=O)CCCCCCCCC/C=C\C/C=C\C/C=C\CC)OC(=O)CCCCCCC/C=C\C/C=C\CCCCC)OC(=O)CCCCCCCC/C=C\C/C=C\C/C=C\C/C=C\CC. The lowest BCUT2D eigenvalue weighted by Gasteiger charge is -2.21. The largest absolute Gasteiger partial charge is 0.472 e. The monoisotopic (exact) mass is 1580 g/mol. The van der Waals surface area contributed by atoms with Gasteiger partial charge in [-0.2, -0.15) is 0 Å². The van der Waals surface area contributed by atoms with Gasteiger partial charge in [-0.15, -0.1) is 0 Å². The summed E-state index contributed by atoms with van der Waals surface area (Å²) in [5.74, 6) is -2.32. The third kappa shape index (κ3) is 80.2. The van der Waals surface area contributed by atoms with Gasteiger partial charge in [0.25, 0.3) is 0 Å². The van der Waals surface area contributed by atoms with E-state index in [1.807, 2.05) is 18.2 Å². The molecule has 3 N–H and O–H groups in total. The number of unbranched alkanes of at least 4 members (excludes halogenated alkanes) is 21. The predicted octanol–water partition coefficient (Wildman–Crippen LogP) is 25.1. The first kappa shape index (κ1) is 104. The number of aliphatic hydroxyl groups excluding tert-OH is 1. The van der Waals surface area contributed by atoms with Crippen molar-refractivity contribution in [2.24, 2.45) is 0 Å². The van der Waals surface area contributed by atoms with E-state index in [0.717, 1.165) is 205 Å². The van der Waals surface area contributed by atoms with E-state index in [4.69, 9.17) is 37.0 Å². The molecule has 0 fully saturated rings. The van der Waals surface area contributed by atoms with E-state index >= 15 is 0 Å². The average Bonchev–Trinajstić information content (AvgIpc) is 0.900. The first-order valence-corrected chi connectivity index (χ1v) is 45.0. The average molecular weight is 1580 g/mol. The van der Waals surface area contributed by atoms with Crippen molar-refractivity contribution in [3.63, 3.8) is 0 Å². The van der Waals surface area contributed by atoms with E-state index in [9.17, 15) is 43.2 Å². The van der Waals surface area contributed by atoms with Crippen molar-refractivity contribution < 1.29 is 80.2 Å². The Morgan fingerprint density at radius 3 is 0.782 bits per heavy atom. The number of esters is 4. The van der Waals surface area contributed by atoms with Crippen molar-refractivity contribution in [2.45, 2.75) is 329 Å². The standard InChI is InChI=1S/C91H148O17P2/c1-5-9-13-17-21-25-29-33-37-40-42-45-49-52-56-60-64-68-72-76-89(94)102-82-87(108-91(96)78-74-70-66-62-58-54-50-46-43-41-38-34-30-26-22-18-14-10-6-2)84-106-110(99,100)104-80-85(92)79-103-109(97,98)105-83-86(107-90(95)77-73-69-65-61-57-53-47-36-32-28-24-20-16-12-8-4)81-101-88(93)75-71-67-63-59-55-51-48-44-39-35-31-27-23-19-15-11-7-3/h9-11,13-15,21-28,33-39,42-43,45-47,52,56,64,68,85-87,92H,5-8,12,16-20,29-32,40-41,44,48-51,53-55,57-63,65-67,69-84H2,1-4H3,(H,97,98)(H,99,100)/b13-9-,14-10-,15-11-,25-21-,26-22-,27-23-,28-24-,37-33-,38-34-,39-35-,45-42-,46-43-,47-36-,56-52-,68-64-. The van der Waals surface area contributed by atoms with Crippen molar-refractivity contribution in [2.75, 3.05) is 39.6 Å². The van der Waals surface area contributed by atoms with Crippen LogP contribution in [0.15, 0.2) is 182 Å². The molecule has 0 aromatic rings. The zero-order valence-corrected chi connectivity index (χ0v) is 70.1. The molecule has 0 spiro atoms. The number of aliphatic hydroxyl groups is 1. The van der Waals surface area contributed by atoms with E-state index in [-0.39, 0.29) is 25.7 Å². The first-order valence-electron chi connectivity index (χ1n) is 42.0. The maximum Gasteiger partial charge on any atom is 0.472 e. The number of allylic oxidation sites excluding steroid dienone is 30. The van der Waals surface area contributed by atoms with Gasteiger partial charge in [-0.3, -0.25) is 37.3 Å². The summed E-state index contributed by atoms with van der Waals surface area (Å²) in [7, 11) is -10.0. The molecule has 5 unspecified atom stereocenters. The Morgan fingerprint density at radius 2 is 0.491 bits per heavy atom. The topological polar surface area (TPSA) is 237 Å². The van der Waals surface area contributed by atoms with Crippen molar-refractivity contribution in [3.05, 3.63) is 182 Å². The molecule has 0 aromatic carbocycles. The van der Waals surface area contributed by atoms with E-state index in [1.54, 1.807) is 0 Å². The molecule has 0 heterocycles. The molecule has 110 heavy (non-hydrogen) atoms. The van der Waals surface area contributed by atoms with Crippen LogP contribution in [0.1, 0.15) is 310 Å². The van der Waals surface area contributed by atoms with Gasteiger partial charge < -0.3 is 33.8 Å². The summed E-state index contributed by atoms with van der Waals surface area (Å²) in [6, 6.07) is 0. The molecule has 0 bridgehead atoms. The smallest absolute Gasteiger partial charge is 0.462 e. The van der Waals surface area contributed by atoms with Crippen LogP contribution < -0.4 is 0 Å². The molecular formula is C91H148O17P2. The van der Waals surface area contributed by atoms with Gasteiger partial charge in [-0.1, -0.05) is 300 Å². The number of ether oxygens (including phenoxy) is 4. The molecule has 0 radical (unpaired) electrons. The van der Waals surface area contributed by atoms with Gasteiger partial charge in [0.2, 0.25) is 0 Å². The lowest BCUT2D eigenvalue weighted by atomic mass is 10.1. The third-order valence-corrected chi connectivity index (χ3v) is 18.8. The summed E-state index contributed by atoms with van der Waals surface area (Å²) in [6.07, 6.45) is 98.7. The molecular weight excluding hydrogens is 1430 g/mol. The van der Waals surface area contributed by atoms with Crippen LogP contribution in [0, 0.1) is 0 Å². The second-order valence-electron chi connectivity index (χ2n) is 27.3. The lowest BCUT2D eigenvalue weighted by molar-refractivity contribution is -0.161. The molecule has 0 aromatic heterocycles. The molecule has 0 aliphatic rings. The maximum absolute atomic E-state index is 13.1. The van der Waals surface area contributed by atoms with Crippen LogP contribution in [0.5, 0.6) is 0 Å². The Hall–Kier alpha value is -5.84. The molecule has 0 amide bonds. The van der Waals surface area contributed by atoms with Crippen LogP contribution in [0.4, 0.5) is 0 Å². The van der Waals surface area contributed by atoms with Crippen LogP contribution in [0.3, 0.4) is 0 Å². The van der Waals surface area contributed by atoms with Crippen LogP contribution in [0.2, 0.25) is 0 Å². The van der Waals surface area contributed by atoms with Crippen molar-refractivity contribution in [1.82, 2.24) is 0 Å². The van der Waals surface area contributed by atoms with E-state index < -0.39 is 97.5 Å². The van der Waals surface area contributed by atoms with E-state index in [1.165, 1.54) is 19.3 Å². The fourth-order valence-electron chi connectivity index (χ4n) is 10.6. The number of hydrogen-bond donors (Lipinski definition) is 3.